The second-order valence-electron chi connectivity index (χ2n) is 6.53. The number of nitrogens with one attached hydrogen (secondary N) is 1. The van der Waals surface area contributed by atoms with E-state index in [9.17, 15) is 19.8 Å². The zero-order chi connectivity index (χ0) is 16.2. The van der Waals surface area contributed by atoms with Crippen LogP contribution in [-0.4, -0.2) is 64.6 Å². The Balaban J connectivity index is 2.70. The summed E-state index contributed by atoms with van der Waals surface area (Å²) in [6, 6.07) is -1.34. The number of ether oxygens (including phenoxy) is 1. The van der Waals surface area contributed by atoms with Crippen molar-refractivity contribution < 1.29 is 24.5 Å². The first-order valence-electron chi connectivity index (χ1n) is 7.21. The maximum absolute atomic E-state index is 12.3. The molecule has 1 fully saturated rings. The molecule has 0 saturated carbocycles. The van der Waals surface area contributed by atoms with Crippen molar-refractivity contribution >= 4 is 12.0 Å². The van der Waals surface area contributed by atoms with Crippen LogP contribution in [0.15, 0.2) is 0 Å². The first-order valence-corrected chi connectivity index (χ1v) is 7.21. The van der Waals surface area contributed by atoms with Gasteiger partial charge in [-0.3, -0.25) is 0 Å². The average Bonchev–Trinajstić information content (AvgIpc) is 2.35. The number of nitrogens with zero attached hydrogens (tertiary/aromatic N) is 1. The van der Waals surface area contributed by atoms with Crippen molar-refractivity contribution in [3.05, 3.63) is 0 Å². The van der Waals surface area contributed by atoms with Gasteiger partial charge in [0.05, 0.1) is 31.4 Å². The van der Waals surface area contributed by atoms with Crippen molar-refractivity contribution in [2.75, 3.05) is 19.7 Å². The van der Waals surface area contributed by atoms with E-state index in [4.69, 9.17) is 4.74 Å². The molecule has 1 rings (SSSR count). The lowest BCUT2D eigenvalue weighted by molar-refractivity contribution is -0.141. The van der Waals surface area contributed by atoms with Crippen LogP contribution in [0.5, 0.6) is 0 Å². The third-order valence-corrected chi connectivity index (χ3v) is 3.28. The van der Waals surface area contributed by atoms with Gasteiger partial charge in [-0.1, -0.05) is 13.8 Å². The largest absolute Gasteiger partial charge is 0.480 e. The molecule has 1 saturated heterocycles. The Morgan fingerprint density at radius 2 is 2.05 bits per heavy atom. The Hall–Kier alpha value is -1.34. The molecule has 0 spiro atoms. The highest BCUT2D eigenvalue weighted by Gasteiger charge is 2.36. The number of carbonyl (C=O) groups excluding carboxylic acids is 1. The van der Waals surface area contributed by atoms with Gasteiger partial charge in [-0.2, -0.15) is 0 Å². The third-order valence-electron chi connectivity index (χ3n) is 3.28. The first-order chi connectivity index (χ1) is 9.64. The van der Waals surface area contributed by atoms with Crippen LogP contribution in [0, 0.1) is 5.92 Å². The predicted octanol–water partition coefficient (Wildman–Crippen LogP) is 0.667. The number of morpholine rings is 1. The molecule has 122 valence electrons. The molecule has 7 heteroatoms. The number of aliphatic carboxylic acids is 1. The molecule has 7 nitrogen and oxygen atoms in total. The number of aliphatic hydroxyl groups is 1. The normalized spacial score (nSPS) is 23.0. The fraction of sp³-hybridized carbons (Fsp3) is 0.857. The predicted molar refractivity (Wildman–Crippen MR) is 77.0 cm³/mol. The molecule has 0 aromatic rings. The summed E-state index contributed by atoms with van der Waals surface area (Å²) in [4.78, 5) is 25.0. The molecule has 0 radical (unpaired) electrons. The van der Waals surface area contributed by atoms with Gasteiger partial charge in [-0.15, -0.1) is 0 Å². The highest BCUT2D eigenvalue weighted by molar-refractivity contribution is 5.82. The minimum absolute atomic E-state index is 0.165. The highest BCUT2D eigenvalue weighted by Crippen LogP contribution is 2.21. The highest BCUT2D eigenvalue weighted by atomic mass is 16.5. The van der Waals surface area contributed by atoms with E-state index in [-0.39, 0.29) is 19.1 Å². The Morgan fingerprint density at radius 3 is 2.52 bits per heavy atom. The molecule has 2 amide bonds. The van der Waals surface area contributed by atoms with E-state index in [1.165, 1.54) is 4.90 Å². The maximum Gasteiger partial charge on any atom is 0.326 e. The summed E-state index contributed by atoms with van der Waals surface area (Å²) in [5.74, 6) is -0.874. The van der Waals surface area contributed by atoms with Crippen LogP contribution >= 0.6 is 0 Å². The van der Waals surface area contributed by atoms with Crippen LogP contribution in [0.2, 0.25) is 0 Å². The molecule has 1 unspecified atom stereocenters. The smallest absolute Gasteiger partial charge is 0.326 e. The number of carboxylic acid groups (broad SMARTS) is 1. The molecule has 1 heterocycles. The zero-order valence-electron chi connectivity index (χ0n) is 13.1. The van der Waals surface area contributed by atoms with E-state index in [1.807, 2.05) is 27.7 Å². The van der Waals surface area contributed by atoms with Crippen molar-refractivity contribution in [2.45, 2.75) is 51.9 Å². The van der Waals surface area contributed by atoms with Gasteiger partial charge in [0, 0.05) is 0 Å². The number of rotatable bonds is 5. The summed E-state index contributed by atoms with van der Waals surface area (Å²) in [7, 11) is 0. The van der Waals surface area contributed by atoms with Gasteiger partial charge in [0.25, 0.3) is 0 Å². The van der Waals surface area contributed by atoms with Crippen LogP contribution in [-0.2, 0) is 9.53 Å². The van der Waals surface area contributed by atoms with E-state index < -0.39 is 29.7 Å². The van der Waals surface area contributed by atoms with Gasteiger partial charge >= 0.3 is 12.0 Å². The molecule has 0 aromatic heterocycles. The number of carbonyl (C=O) groups is 2. The monoisotopic (exact) mass is 302 g/mol. The maximum atomic E-state index is 12.3. The molecule has 0 aromatic carbocycles. The summed E-state index contributed by atoms with van der Waals surface area (Å²) in [5.41, 5.74) is -0.570. The van der Waals surface area contributed by atoms with E-state index in [2.05, 4.69) is 5.32 Å². The fourth-order valence-electron chi connectivity index (χ4n) is 2.48. The van der Waals surface area contributed by atoms with Crippen LogP contribution in [0.4, 0.5) is 4.79 Å². The third kappa shape index (κ3) is 5.51. The lowest BCUT2D eigenvalue weighted by Crippen LogP contribution is -2.59. The van der Waals surface area contributed by atoms with E-state index in [1.54, 1.807) is 0 Å². The summed E-state index contributed by atoms with van der Waals surface area (Å²) in [6.45, 7) is 7.89. The average molecular weight is 302 g/mol. The summed E-state index contributed by atoms with van der Waals surface area (Å²) < 4.78 is 5.63. The number of amides is 2. The van der Waals surface area contributed by atoms with Crippen molar-refractivity contribution in [1.82, 2.24) is 10.2 Å². The molecule has 3 N–H and O–H groups in total. The van der Waals surface area contributed by atoms with Crippen LogP contribution in [0.3, 0.4) is 0 Å². The molecular weight excluding hydrogens is 276 g/mol. The molecule has 21 heavy (non-hydrogen) atoms. The second kappa shape index (κ2) is 7.09. The standard InChI is InChI=1S/C14H26N2O5/c1-9(2)5-11(12(18)19)15-13(20)16-6-10(7-17)21-14(3,4)8-16/h9-11,17H,5-8H2,1-4H3,(H,15,20)(H,18,19)/t10?,11-/m1/s1. The van der Waals surface area contributed by atoms with Gasteiger partial charge < -0.3 is 25.2 Å². The van der Waals surface area contributed by atoms with Gasteiger partial charge in [-0.05, 0) is 26.2 Å². The quantitative estimate of drug-likeness (QED) is 0.693. The number of urea groups is 1. The fourth-order valence-corrected chi connectivity index (χ4v) is 2.48. The molecule has 1 aliphatic rings. The van der Waals surface area contributed by atoms with E-state index in [0.717, 1.165) is 0 Å². The Kier molecular flexibility index (Phi) is 5.98. The van der Waals surface area contributed by atoms with Gasteiger partial charge in [0.2, 0.25) is 0 Å². The minimum atomic E-state index is -1.04. The summed E-state index contributed by atoms with van der Waals surface area (Å²) >= 11 is 0. The molecule has 2 atom stereocenters. The number of aliphatic hydroxyl groups excluding tert-OH is 1. The summed E-state index contributed by atoms with van der Waals surface area (Å²) in [5, 5.41) is 21.0. The second-order valence-corrected chi connectivity index (χ2v) is 6.53. The zero-order valence-corrected chi connectivity index (χ0v) is 13.1. The topological polar surface area (TPSA) is 99.1 Å². The van der Waals surface area contributed by atoms with Crippen LogP contribution < -0.4 is 5.32 Å². The van der Waals surface area contributed by atoms with Crippen LogP contribution in [0.25, 0.3) is 0 Å². The number of hydrogen-bond donors (Lipinski definition) is 3. The van der Waals surface area contributed by atoms with Crippen molar-refractivity contribution in [3.8, 4) is 0 Å². The lowest BCUT2D eigenvalue weighted by atomic mass is 10.0. The summed E-state index contributed by atoms with van der Waals surface area (Å²) in [6.07, 6.45) is -0.0778. The number of hydrogen-bond acceptors (Lipinski definition) is 4. The van der Waals surface area contributed by atoms with Gasteiger partial charge in [-0.25, -0.2) is 9.59 Å². The lowest BCUT2D eigenvalue weighted by Gasteiger charge is -2.42. The van der Waals surface area contributed by atoms with Crippen molar-refractivity contribution in [1.29, 1.82) is 0 Å². The minimum Gasteiger partial charge on any atom is -0.480 e. The molecule has 1 aliphatic heterocycles. The van der Waals surface area contributed by atoms with Crippen molar-refractivity contribution in [2.24, 2.45) is 5.92 Å². The molecule has 0 aliphatic carbocycles. The molecule has 0 bridgehead atoms. The van der Waals surface area contributed by atoms with E-state index >= 15 is 0 Å². The van der Waals surface area contributed by atoms with Gasteiger partial charge in [0.15, 0.2) is 0 Å². The van der Waals surface area contributed by atoms with Crippen LogP contribution in [0.1, 0.15) is 34.1 Å². The Labute approximate surface area is 125 Å². The van der Waals surface area contributed by atoms with Crippen molar-refractivity contribution in [3.63, 3.8) is 0 Å². The first kappa shape index (κ1) is 17.7. The SMILES string of the molecule is CC(C)C[C@@H](NC(=O)N1CC(CO)OC(C)(C)C1)C(=O)O. The Morgan fingerprint density at radius 1 is 1.43 bits per heavy atom. The Bertz CT molecular complexity index is 384. The van der Waals surface area contributed by atoms with Gasteiger partial charge in [0.1, 0.15) is 6.04 Å². The van der Waals surface area contributed by atoms with E-state index in [0.29, 0.717) is 13.0 Å². The molecular formula is C14H26N2O5. The number of carboxylic acids is 1.